The normalized spacial score (nSPS) is 12.4. The molecular weight excluding hydrogens is 276 g/mol. The fourth-order valence-corrected chi connectivity index (χ4v) is 2.60. The minimum absolute atomic E-state index is 0.540. The summed E-state index contributed by atoms with van der Waals surface area (Å²) < 4.78 is 1.81. The Labute approximate surface area is 123 Å². The summed E-state index contributed by atoms with van der Waals surface area (Å²) in [6.07, 6.45) is 0. The van der Waals surface area contributed by atoms with Crippen molar-refractivity contribution >= 4 is 17.6 Å². The second-order valence-electron chi connectivity index (χ2n) is 4.89. The van der Waals surface area contributed by atoms with Crippen LogP contribution in [-0.4, -0.2) is 20.9 Å². The van der Waals surface area contributed by atoms with Crippen LogP contribution in [0, 0.1) is 13.8 Å². The van der Waals surface area contributed by atoms with Gasteiger partial charge in [-0.2, -0.15) is 5.10 Å². The number of carboxylic acids is 1. The van der Waals surface area contributed by atoms with Crippen molar-refractivity contribution < 1.29 is 9.90 Å². The lowest BCUT2D eigenvalue weighted by Gasteiger charge is -2.09. The highest BCUT2D eigenvalue weighted by atomic mass is 35.5. The number of aryl methyl sites for hydroxylation is 1. The summed E-state index contributed by atoms with van der Waals surface area (Å²) >= 11 is 6.15. The number of rotatable bonds is 4. The van der Waals surface area contributed by atoms with Crippen molar-refractivity contribution in [3.05, 3.63) is 51.8 Å². The molecule has 0 radical (unpaired) electrons. The van der Waals surface area contributed by atoms with E-state index in [1.165, 1.54) is 0 Å². The van der Waals surface area contributed by atoms with Crippen LogP contribution in [0.4, 0.5) is 0 Å². The summed E-state index contributed by atoms with van der Waals surface area (Å²) in [6, 6.07) is 7.58. The molecule has 20 heavy (non-hydrogen) atoms. The predicted octanol–water partition coefficient (Wildman–Crippen LogP) is 3.39. The van der Waals surface area contributed by atoms with Gasteiger partial charge in [0.25, 0.3) is 0 Å². The van der Waals surface area contributed by atoms with Crippen LogP contribution in [0.25, 0.3) is 0 Å². The Bertz CT molecular complexity index is 649. The van der Waals surface area contributed by atoms with E-state index in [-0.39, 0.29) is 0 Å². The zero-order chi connectivity index (χ0) is 14.9. The second-order valence-corrected chi connectivity index (χ2v) is 5.30. The summed E-state index contributed by atoms with van der Waals surface area (Å²) in [5, 5.41) is 14.3. The van der Waals surface area contributed by atoms with Gasteiger partial charge in [0.1, 0.15) is 0 Å². The first-order valence-electron chi connectivity index (χ1n) is 6.42. The van der Waals surface area contributed by atoms with E-state index in [1.807, 2.05) is 42.8 Å². The highest BCUT2D eigenvalue weighted by Gasteiger charge is 2.22. The SMILES string of the molecule is Cc1nn(Cc2ccccc2Cl)c(C)c1C(C)C(=O)O. The molecule has 0 aliphatic rings. The average Bonchev–Trinajstić information content (AvgIpc) is 2.66. The molecule has 0 aliphatic carbocycles. The number of carbonyl (C=O) groups is 1. The molecule has 0 saturated carbocycles. The van der Waals surface area contributed by atoms with Crippen molar-refractivity contribution in [1.82, 2.24) is 9.78 Å². The number of hydrogen-bond acceptors (Lipinski definition) is 2. The fourth-order valence-electron chi connectivity index (χ4n) is 2.40. The highest BCUT2D eigenvalue weighted by molar-refractivity contribution is 6.31. The predicted molar refractivity (Wildman–Crippen MR) is 78.3 cm³/mol. The number of aliphatic carboxylic acids is 1. The Kier molecular flexibility index (Phi) is 4.14. The Morgan fingerprint density at radius 1 is 1.40 bits per heavy atom. The van der Waals surface area contributed by atoms with Crippen LogP contribution in [0.5, 0.6) is 0 Å². The maximum absolute atomic E-state index is 11.2. The van der Waals surface area contributed by atoms with Gasteiger partial charge in [-0.25, -0.2) is 0 Å². The number of aromatic nitrogens is 2. The second kappa shape index (κ2) is 5.67. The Morgan fingerprint density at radius 3 is 2.65 bits per heavy atom. The lowest BCUT2D eigenvalue weighted by atomic mass is 9.99. The highest BCUT2D eigenvalue weighted by Crippen LogP contribution is 2.25. The van der Waals surface area contributed by atoms with E-state index in [2.05, 4.69) is 5.10 Å². The van der Waals surface area contributed by atoms with Crippen LogP contribution in [-0.2, 0) is 11.3 Å². The van der Waals surface area contributed by atoms with Crippen LogP contribution in [0.15, 0.2) is 24.3 Å². The lowest BCUT2D eigenvalue weighted by molar-refractivity contribution is -0.138. The van der Waals surface area contributed by atoms with Crippen LogP contribution < -0.4 is 0 Å². The van der Waals surface area contributed by atoms with Crippen molar-refractivity contribution in [3.63, 3.8) is 0 Å². The van der Waals surface area contributed by atoms with E-state index in [9.17, 15) is 4.79 Å². The number of benzene rings is 1. The zero-order valence-electron chi connectivity index (χ0n) is 11.7. The minimum Gasteiger partial charge on any atom is -0.481 e. The topological polar surface area (TPSA) is 55.1 Å². The van der Waals surface area contributed by atoms with E-state index >= 15 is 0 Å². The van der Waals surface area contributed by atoms with E-state index in [0.717, 1.165) is 22.5 Å². The van der Waals surface area contributed by atoms with Gasteiger partial charge in [0.15, 0.2) is 0 Å². The first-order chi connectivity index (χ1) is 9.41. The van der Waals surface area contributed by atoms with Gasteiger partial charge in [-0.05, 0) is 32.4 Å². The van der Waals surface area contributed by atoms with Gasteiger partial charge in [-0.3, -0.25) is 9.48 Å². The Balaban J connectivity index is 2.38. The molecule has 5 heteroatoms. The third-order valence-electron chi connectivity index (χ3n) is 3.52. The van der Waals surface area contributed by atoms with E-state index in [4.69, 9.17) is 16.7 Å². The van der Waals surface area contributed by atoms with E-state index < -0.39 is 11.9 Å². The first-order valence-corrected chi connectivity index (χ1v) is 6.79. The molecular formula is C15H17ClN2O2. The van der Waals surface area contributed by atoms with Crippen LogP contribution >= 0.6 is 11.6 Å². The quantitative estimate of drug-likeness (QED) is 0.940. The Morgan fingerprint density at radius 2 is 2.05 bits per heavy atom. The average molecular weight is 293 g/mol. The van der Waals surface area contributed by atoms with E-state index in [0.29, 0.717) is 11.6 Å². The molecule has 1 unspecified atom stereocenters. The van der Waals surface area contributed by atoms with Crippen molar-refractivity contribution in [2.24, 2.45) is 0 Å². The number of halogens is 1. The number of carboxylic acid groups (broad SMARTS) is 1. The van der Waals surface area contributed by atoms with Gasteiger partial charge in [-0.1, -0.05) is 29.8 Å². The van der Waals surface area contributed by atoms with Crippen LogP contribution in [0.2, 0.25) is 5.02 Å². The largest absolute Gasteiger partial charge is 0.481 e. The lowest BCUT2D eigenvalue weighted by Crippen LogP contribution is -2.10. The van der Waals surface area contributed by atoms with Gasteiger partial charge in [0.05, 0.1) is 18.2 Å². The molecule has 4 nitrogen and oxygen atoms in total. The molecule has 1 heterocycles. The van der Waals surface area contributed by atoms with Crippen LogP contribution in [0.1, 0.15) is 35.4 Å². The van der Waals surface area contributed by atoms with Crippen molar-refractivity contribution in [1.29, 1.82) is 0 Å². The summed E-state index contributed by atoms with van der Waals surface area (Å²) in [7, 11) is 0. The molecule has 106 valence electrons. The molecule has 0 bridgehead atoms. The third-order valence-corrected chi connectivity index (χ3v) is 3.89. The molecule has 0 saturated heterocycles. The molecule has 1 aromatic carbocycles. The summed E-state index contributed by atoms with van der Waals surface area (Å²) in [6.45, 7) is 5.95. The monoisotopic (exact) mass is 292 g/mol. The van der Waals surface area contributed by atoms with E-state index in [1.54, 1.807) is 6.92 Å². The third kappa shape index (κ3) is 2.70. The maximum atomic E-state index is 11.2. The zero-order valence-corrected chi connectivity index (χ0v) is 12.5. The fraction of sp³-hybridized carbons (Fsp3) is 0.333. The van der Waals surface area contributed by atoms with Crippen molar-refractivity contribution in [2.75, 3.05) is 0 Å². The van der Waals surface area contributed by atoms with Crippen molar-refractivity contribution in [3.8, 4) is 0 Å². The molecule has 2 rings (SSSR count). The van der Waals surface area contributed by atoms with Gasteiger partial charge in [0.2, 0.25) is 0 Å². The standard InChI is InChI=1S/C15H17ClN2O2/c1-9(15(19)20)14-10(2)17-18(11(14)3)8-12-6-4-5-7-13(12)16/h4-7,9H,8H2,1-3H3,(H,19,20). The molecule has 0 aliphatic heterocycles. The van der Waals surface area contributed by atoms with Gasteiger partial charge in [0, 0.05) is 16.3 Å². The molecule has 0 amide bonds. The van der Waals surface area contributed by atoms with Crippen LogP contribution in [0.3, 0.4) is 0 Å². The van der Waals surface area contributed by atoms with Crippen molar-refractivity contribution in [2.45, 2.75) is 33.2 Å². The van der Waals surface area contributed by atoms with Gasteiger partial charge < -0.3 is 5.11 Å². The molecule has 1 atom stereocenters. The molecule has 1 aromatic heterocycles. The maximum Gasteiger partial charge on any atom is 0.310 e. The number of hydrogen-bond donors (Lipinski definition) is 1. The molecule has 1 N–H and O–H groups in total. The Hall–Kier alpha value is -1.81. The van der Waals surface area contributed by atoms with Gasteiger partial charge >= 0.3 is 5.97 Å². The summed E-state index contributed by atoms with van der Waals surface area (Å²) in [5.74, 6) is -1.40. The summed E-state index contributed by atoms with van der Waals surface area (Å²) in [4.78, 5) is 11.2. The summed E-state index contributed by atoms with van der Waals surface area (Å²) in [5.41, 5.74) is 3.38. The molecule has 0 spiro atoms. The van der Waals surface area contributed by atoms with Gasteiger partial charge in [-0.15, -0.1) is 0 Å². The molecule has 0 fully saturated rings. The minimum atomic E-state index is -0.839. The first kappa shape index (κ1) is 14.6. The smallest absolute Gasteiger partial charge is 0.310 e. The number of nitrogens with zero attached hydrogens (tertiary/aromatic N) is 2. The molecule has 2 aromatic rings.